The van der Waals surface area contributed by atoms with Crippen LogP contribution in [0.5, 0.6) is 5.75 Å². The number of carbonyl (C=O) groups excluding carboxylic acids is 2. The Morgan fingerprint density at radius 2 is 1.88 bits per heavy atom. The van der Waals surface area contributed by atoms with Gasteiger partial charge in [-0.1, -0.05) is 30.3 Å². The molecule has 0 atom stereocenters. The molecule has 1 heterocycles. The van der Waals surface area contributed by atoms with Crippen molar-refractivity contribution >= 4 is 17.5 Å². The predicted molar refractivity (Wildman–Crippen MR) is 102 cm³/mol. The summed E-state index contributed by atoms with van der Waals surface area (Å²) in [7, 11) is 0. The van der Waals surface area contributed by atoms with Crippen molar-refractivity contribution in [2.45, 2.75) is 26.2 Å². The zero-order valence-corrected chi connectivity index (χ0v) is 15.0. The van der Waals surface area contributed by atoms with Crippen LogP contribution in [0.2, 0.25) is 0 Å². The van der Waals surface area contributed by atoms with Crippen LogP contribution in [0.3, 0.4) is 0 Å². The highest BCUT2D eigenvalue weighted by Gasteiger charge is 2.23. The SMILES string of the molecule is CCOc1ccccc1C(=O)NCCCC(=O)N1CCc2ccccc21. The van der Waals surface area contributed by atoms with Crippen LogP contribution in [0.25, 0.3) is 0 Å². The number of carbonyl (C=O) groups is 2. The largest absolute Gasteiger partial charge is 0.493 e. The third kappa shape index (κ3) is 4.04. The molecule has 0 aromatic heterocycles. The van der Waals surface area contributed by atoms with E-state index in [1.54, 1.807) is 12.1 Å². The highest BCUT2D eigenvalue weighted by atomic mass is 16.5. The van der Waals surface area contributed by atoms with E-state index >= 15 is 0 Å². The van der Waals surface area contributed by atoms with Gasteiger partial charge in [0.2, 0.25) is 5.91 Å². The van der Waals surface area contributed by atoms with Gasteiger partial charge in [-0.05, 0) is 43.5 Å². The number of hydrogen-bond donors (Lipinski definition) is 1. The Morgan fingerprint density at radius 3 is 2.73 bits per heavy atom. The smallest absolute Gasteiger partial charge is 0.255 e. The van der Waals surface area contributed by atoms with E-state index in [0.29, 0.717) is 37.3 Å². The predicted octanol–water partition coefficient (Wildman–Crippen LogP) is 3.18. The minimum atomic E-state index is -0.173. The van der Waals surface area contributed by atoms with Gasteiger partial charge in [-0.3, -0.25) is 9.59 Å². The Labute approximate surface area is 154 Å². The van der Waals surface area contributed by atoms with Crippen LogP contribution in [0.4, 0.5) is 5.69 Å². The van der Waals surface area contributed by atoms with Gasteiger partial charge in [0.1, 0.15) is 5.75 Å². The summed E-state index contributed by atoms with van der Waals surface area (Å²) in [6, 6.07) is 15.2. The first-order chi connectivity index (χ1) is 12.7. The molecule has 0 bridgehead atoms. The standard InChI is InChI=1S/C21H24N2O3/c1-2-26-19-11-6-4-9-17(19)21(25)22-14-7-12-20(24)23-15-13-16-8-3-5-10-18(16)23/h3-6,8-11H,2,7,12-15H2,1H3,(H,22,25). The van der Waals surface area contributed by atoms with E-state index in [0.717, 1.165) is 18.7 Å². The van der Waals surface area contributed by atoms with Crippen LogP contribution in [-0.2, 0) is 11.2 Å². The fourth-order valence-electron chi connectivity index (χ4n) is 3.20. The summed E-state index contributed by atoms with van der Waals surface area (Å²) < 4.78 is 5.48. The quantitative estimate of drug-likeness (QED) is 0.779. The molecule has 2 amide bonds. The average molecular weight is 352 g/mol. The van der Waals surface area contributed by atoms with Crippen LogP contribution < -0.4 is 15.0 Å². The Hall–Kier alpha value is -2.82. The normalized spacial score (nSPS) is 12.6. The second kappa shape index (κ2) is 8.52. The molecule has 136 valence electrons. The zero-order valence-electron chi connectivity index (χ0n) is 15.0. The molecule has 0 spiro atoms. The number of benzene rings is 2. The van der Waals surface area contributed by atoms with Crippen LogP contribution in [0.1, 0.15) is 35.7 Å². The van der Waals surface area contributed by atoms with Gasteiger partial charge in [-0.15, -0.1) is 0 Å². The van der Waals surface area contributed by atoms with Crippen molar-refractivity contribution in [3.8, 4) is 5.75 Å². The number of nitrogens with zero attached hydrogens (tertiary/aromatic N) is 1. The summed E-state index contributed by atoms with van der Waals surface area (Å²) in [6.45, 7) is 3.60. The number of rotatable bonds is 7. The molecule has 26 heavy (non-hydrogen) atoms. The van der Waals surface area contributed by atoms with Crippen LogP contribution in [0, 0.1) is 0 Å². The van der Waals surface area contributed by atoms with Gasteiger partial charge in [-0.25, -0.2) is 0 Å². The van der Waals surface area contributed by atoms with E-state index in [2.05, 4.69) is 11.4 Å². The van der Waals surface area contributed by atoms with E-state index in [1.165, 1.54) is 5.56 Å². The first-order valence-electron chi connectivity index (χ1n) is 9.09. The molecule has 5 heteroatoms. The average Bonchev–Trinajstić information content (AvgIpc) is 3.10. The molecule has 1 aliphatic heterocycles. The van der Waals surface area contributed by atoms with Gasteiger partial charge >= 0.3 is 0 Å². The summed E-state index contributed by atoms with van der Waals surface area (Å²) in [6.07, 6.45) is 1.94. The highest BCUT2D eigenvalue weighted by Crippen LogP contribution is 2.28. The lowest BCUT2D eigenvalue weighted by Gasteiger charge is -2.17. The maximum atomic E-state index is 12.5. The molecule has 5 nitrogen and oxygen atoms in total. The Balaban J connectivity index is 1.47. The number of amides is 2. The van der Waals surface area contributed by atoms with E-state index in [-0.39, 0.29) is 11.8 Å². The third-order valence-corrected chi connectivity index (χ3v) is 4.47. The van der Waals surface area contributed by atoms with Gasteiger partial charge < -0.3 is 15.0 Å². The molecule has 3 rings (SSSR count). The summed E-state index contributed by atoms with van der Waals surface area (Å²) in [5, 5.41) is 2.87. The molecule has 1 N–H and O–H groups in total. The summed E-state index contributed by atoms with van der Waals surface area (Å²) in [5.74, 6) is 0.518. The minimum absolute atomic E-state index is 0.110. The summed E-state index contributed by atoms with van der Waals surface area (Å²) in [4.78, 5) is 26.6. The van der Waals surface area contributed by atoms with Crippen molar-refractivity contribution < 1.29 is 14.3 Å². The molecular weight excluding hydrogens is 328 g/mol. The fraction of sp³-hybridized carbons (Fsp3) is 0.333. The van der Waals surface area contributed by atoms with Gasteiger partial charge in [0.15, 0.2) is 0 Å². The minimum Gasteiger partial charge on any atom is -0.493 e. The first-order valence-corrected chi connectivity index (χ1v) is 9.09. The fourth-order valence-corrected chi connectivity index (χ4v) is 3.20. The van der Waals surface area contributed by atoms with Crippen molar-refractivity contribution in [2.75, 3.05) is 24.6 Å². The van der Waals surface area contributed by atoms with E-state index < -0.39 is 0 Å². The molecule has 2 aromatic carbocycles. The van der Waals surface area contributed by atoms with Crippen molar-refractivity contribution in [3.05, 3.63) is 59.7 Å². The topological polar surface area (TPSA) is 58.6 Å². The second-order valence-corrected chi connectivity index (χ2v) is 6.21. The van der Waals surface area contributed by atoms with Crippen LogP contribution >= 0.6 is 0 Å². The second-order valence-electron chi connectivity index (χ2n) is 6.21. The molecule has 0 unspecified atom stereocenters. The molecular formula is C21H24N2O3. The molecule has 0 saturated carbocycles. The van der Waals surface area contributed by atoms with Crippen molar-refractivity contribution in [1.82, 2.24) is 5.32 Å². The Morgan fingerprint density at radius 1 is 1.12 bits per heavy atom. The molecule has 1 aliphatic rings. The molecule has 0 aliphatic carbocycles. The number of fused-ring (bicyclic) bond motifs is 1. The van der Waals surface area contributed by atoms with Gasteiger partial charge in [0.05, 0.1) is 12.2 Å². The zero-order chi connectivity index (χ0) is 18.4. The number of nitrogens with one attached hydrogen (secondary N) is 1. The molecule has 2 aromatic rings. The highest BCUT2D eigenvalue weighted by molar-refractivity contribution is 5.97. The van der Waals surface area contributed by atoms with Crippen molar-refractivity contribution in [3.63, 3.8) is 0 Å². The van der Waals surface area contributed by atoms with Crippen molar-refractivity contribution in [2.24, 2.45) is 0 Å². The van der Waals surface area contributed by atoms with Gasteiger partial charge in [-0.2, -0.15) is 0 Å². The Kier molecular flexibility index (Phi) is 5.89. The first kappa shape index (κ1) is 18.0. The van der Waals surface area contributed by atoms with E-state index in [1.807, 2.05) is 42.2 Å². The monoisotopic (exact) mass is 352 g/mol. The molecule has 0 radical (unpaired) electrons. The van der Waals surface area contributed by atoms with Crippen LogP contribution in [0.15, 0.2) is 48.5 Å². The number of anilines is 1. The van der Waals surface area contributed by atoms with E-state index in [9.17, 15) is 9.59 Å². The maximum Gasteiger partial charge on any atom is 0.255 e. The maximum absolute atomic E-state index is 12.5. The molecule has 0 fully saturated rings. The number of hydrogen-bond acceptors (Lipinski definition) is 3. The van der Waals surface area contributed by atoms with Gasteiger partial charge in [0, 0.05) is 25.2 Å². The lowest BCUT2D eigenvalue weighted by atomic mass is 10.1. The Bertz CT molecular complexity index is 788. The van der Waals surface area contributed by atoms with Crippen molar-refractivity contribution in [1.29, 1.82) is 0 Å². The molecule has 0 saturated heterocycles. The summed E-state index contributed by atoms with van der Waals surface area (Å²) >= 11 is 0. The summed E-state index contributed by atoms with van der Waals surface area (Å²) in [5.41, 5.74) is 2.77. The van der Waals surface area contributed by atoms with E-state index in [4.69, 9.17) is 4.74 Å². The third-order valence-electron chi connectivity index (χ3n) is 4.47. The number of ether oxygens (including phenoxy) is 1. The number of para-hydroxylation sites is 2. The van der Waals surface area contributed by atoms with Crippen LogP contribution in [-0.4, -0.2) is 31.5 Å². The lowest BCUT2D eigenvalue weighted by Crippen LogP contribution is -2.30. The lowest BCUT2D eigenvalue weighted by molar-refractivity contribution is -0.118. The van der Waals surface area contributed by atoms with Gasteiger partial charge in [0.25, 0.3) is 5.91 Å².